The van der Waals surface area contributed by atoms with Crippen molar-refractivity contribution in [1.29, 1.82) is 0 Å². The number of anilines is 2. The fourth-order valence-corrected chi connectivity index (χ4v) is 2.53. The van der Waals surface area contributed by atoms with Gasteiger partial charge in [0.05, 0.1) is 6.10 Å². The van der Waals surface area contributed by atoms with Crippen LogP contribution in [0.3, 0.4) is 0 Å². The molecule has 0 spiro atoms. The summed E-state index contributed by atoms with van der Waals surface area (Å²) in [5.41, 5.74) is 3.74. The zero-order chi connectivity index (χ0) is 13.1. The second-order valence-corrected chi connectivity index (χ2v) is 5.54. The SMILES string of the molecule is Cc1cc(N(C)C)ccc1NC1CCC(O)CC1. The predicted octanol–water partition coefficient (Wildman–Crippen LogP) is 2.78. The zero-order valence-corrected chi connectivity index (χ0v) is 11.6. The molecule has 100 valence electrons. The third kappa shape index (κ3) is 3.16. The van der Waals surface area contributed by atoms with Gasteiger partial charge in [0.2, 0.25) is 0 Å². The fourth-order valence-electron chi connectivity index (χ4n) is 2.53. The Morgan fingerprint density at radius 1 is 1.17 bits per heavy atom. The summed E-state index contributed by atoms with van der Waals surface area (Å²) < 4.78 is 0. The highest BCUT2D eigenvalue weighted by Crippen LogP contribution is 2.26. The smallest absolute Gasteiger partial charge is 0.0541 e. The summed E-state index contributed by atoms with van der Waals surface area (Å²) in [7, 11) is 4.12. The second-order valence-electron chi connectivity index (χ2n) is 5.54. The van der Waals surface area contributed by atoms with Crippen LogP contribution < -0.4 is 10.2 Å². The van der Waals surface area contributed by atoms with Crippen LogP contribution in [0.2, 0.25) is 0 Å². The first-order chi connectivity index (χ1) is 8.56. The summed E-state index contributed by atoms with van der Waals surface area (Å²) in [6, 6.07) is 7.03. The summed E-state index contributed by atoms with van der Waals surface area (Å²) in [5.74, 6) is 0. The van der Waals surface area contributed by atoms with E-state index < -0.39 is 0 Å². The van der Waals surface area contributed by atoms with Gasteiger partial charge in [0.25, 0.3) is 0 Å². The Morgan fingerprint density at radius 2 is 1.83 bits per heavy atom. The summed E-state index contributed by atoms with van der Waals surface area (Å²) in [4.78, 5) is 2.12. The predicted molar refractivity (Wildman–Crippen MR) is 77.4 cm³/mol. The number of benzene rings is 1. The van der Waals surface area contributed by atoms with Crippen molar-refractivity contribution in [3.8, 4) is 0 Å². The lowest BCUT2D eigenvalue weighted by molar-refractivity contribution is 0.126. The van der Waals surface area contributed by atoms with Crippen LogP contribution in [0.4, 0.5) is 11.4 Å². The van der Waals surface area contributed by atoms with E-state index in [-0.39, 0.29) is 6.10 Å². The summed E-state index contributed by atoms with van der Waals surface area (Å²) in [6.07, 6.45) is 3.89. The molecule has 18 heavy (non-hydrogen) atoms. The van der Waals surface area contributed by atoms with Crippen LogP contribution in [0, 0.1) is 6.92 Å². The molecule has 1 aromatic carbocycles. The van der Waals surface area contributed by atoms with E-state index in [2.05, 4.69) is 49.4 Å². The highest BCUT2D eigenvalue weighted by molar-refractivity contribution is 5.60. The van der Waals surface area contributed by atoms with Crippen LogP contribution in [0.25, 0.3) is 0 Å². The maximum absolute atomic E-state index is 9.51. The van der Waals surface area contributed by atoms with Crippen LogP contribution in [0.1, 0.15) is 31.2 Å². The van der Waals surface area contributed by atoms with Crippen molar-refractivity contribution in [1.82, 2.24) is 0 Å². The van der Waals surface area contributed by atoms with Crippen molar-refractivity contribution < 1.29 is 5.11 Å². The number of aryl methyl sites for hydroxylation is 1. The Morgan fingerprint density at radius 3 is 2.39 bits per heavy atom. The Kier molecular flexibility index (Phi) is 4.12. The van der Waals surface area contributed by atoms with Gasteiger partial charge in [0, 0.05) is 31.5 Å². The second kappa shape index (κ2) is 5.61. The van der Waals surface area contributed by atoms with E-state index in [9.17, 15) is 5.11 Å². The summed E-state index contributed by atoms with van der Waals surface area (Å²) in [5, 5.41) is 13.1. The zero-order valence-electron chi connectivity index (χ0n) is 11.6. The van der Waals surface area contributed by atoms with Crippen LogP contribution in [0.15, 0.2) is 18.2 Å². The molecule has 1 aromatic rings. The van der Waals surface area contributed by atoms with Crippen molar-refractivity contribution in [3.63, 3.8) is 0 Å². The molecule has 0 radical (unpaired) electrons. The van der Waals surface area contributed by atoms with Gasteiger partial charge >= 0.3 is 0 Å². The van der Waals surface area contributed by atoms with E-state index >= 15 is 0 Å². The van der Waals surface area contributed by atoms with Gasteiger partial charge in [-0.25, -0.2) is 0 Å². The number of nitrogens with zero attached hydrogens (tertiary/aromatic N) is 1. The third-order valence-electron chi connectivity index (χ3n) is 3.78. The first kappa shape index (κ1) is 13.2. The van der Waals surface area contributed by atoms with Gasteiger partial charge in [0.1, 0.15) is 0 Å². The van der Waals surface area contributed by atoms with E-state index in [0.717, 1.165) is 25.7 Å². The number of nitrogens with one attached hydrogen (secondary N) is 1. The molecule has 1 aliphatic rings. The number of aliphatic hydroxyl groups excluding tert-OH is 1. The Labute approximate surface area is 110 Å². The van der Waals surface area contributed by atoms with Crippen LogP contribution in [-0.4, -0.2) is 31.3 Å². The average molecular weight is 248 g/mol. The lowest BCUT2D eigenvalue weighted by Crippen LogP contribution is -2.28. The molecule has 3 heteroatoms. The molecule has 0 heterocycles. The molecule has 0 bridgehead atoms. The average Bonchev–Trinajstić information content (AvgIpc) is 2.34. The minimum Gasteiger partial charge on any atom is -0.393 e. The first-order valence-electron chi connectivity index (χ1n) is 6.79. The van der Waals surface area contributed by atoms with Gasteiger partial charge in [-0.1, -0.05) is 0 Å². The van der Waals surface area contributed by atoms with Crippen LogP contribution >= 0.6 is 0 Å². The maximum Gasteiger partial charge on any atom is 0.0541 e. The molecule has 0 aromatic heterocycles. The van der Waals surface area contributed by atoms with Gasteiger partial charge in [-0.3, -0.25) is 0 Å². The molecule has 0 unspecified atom stereocenters. The van der Waals surface area contributed by atoms with E-state index in [1.54, 1.807) is 0 Å². The first-order valence-corrected chi connectivity index (χ1v) is 6.79. The van der Waals surface area contributed by atoms with Crippen molar-refractivity contribution in [2.75, 3.05) is 24.3 Å². The molecule has 0 amide bonds. The van der Waals surface area contributed by atoms with E-state index in [1.165, 1.54) is 16.9 Å². The highest BCUT2D eigenvalue weighted by Gasteiger charge is 2.19. The number of hydrogen-bond acceptors (Lipinski definition) is 3. The van der Waals surface area contributed by atoms with Gasteiger partial charge in [-0.15, -0.1) is 0 Å². The van der Waals surface area contributed by atoms with Gasteiger partial charge < -0.3 is 15.3 Å². The van der Waals surface area contributed by atoms with Gasteiger partial charge in [0.15, 0.2) is 0 Å². The monoisotopic (exact) mass is 248 g/mol. The number of hydrogen-bond donors (Lipinski definition) is 2. The Balaban J connectivity index is 2.01. The summed E-state index contributed by atoms with van der Waals surface area (Å²) >= 11 is 0. The number of rotatable bonds is 3. The van der Waals surface area contributed by atoms with E-state index in [1.807, 2.05) is 0 Å². The van der Waals surface area contributed by atoms with Crippen LogP contribution in [-0.2, 0) is 0 Å². The quantitative estimate of drug-likeness (QED) is 0.863. The molecule has 0 aliphatic heterocycles. The largest absolute Gasteiger partial charge is 0.393 e. The molecular weight excluding hydrogens is 224 g/mol. The van der Waals surface area contributed by atoms with Crippen molar-refractivity contribution in [3.05, 3.63) is 23.8 Å². The molecule has 1 saturated carbocycles. The molecule has 2 N–H and O–H groups in total. The molecule has 0 saturated heterocycles. The van der Waals surface area contributed by atoms with Gasteiger partial charge in [-0.2, -0.15) is 0 Å². The van der Waals surface area contributed by atoms with Crippen molar-refractivity contribution in [2.45, 2.75) is 44.8 Å². The highest BCUT2D eigenvalue weighted by atomic mass is 16.3. The molecule has 3 nitrogen and oxygen atoms in total. The molecule has 0 atom stereocenters. The lowest BCUT2D eigenvalue weighted by Gasteiger charge is -2.28. The van der Waals surface area contributed by atoms with Crippen molar-refractivity contribution in [2.24, 2.45) is 0 Å². The Bertz CT molecular complexity index is 395. The molecular formula is C15H24N2O. The minimum atomic E-state index is -0.0831. The third-order valence-corrected chi connectivity index (χ3v) is 3.78. The summed E-state index contributed by atoms with van der Waals surface area (Å²) in [6.45, 7) is 2.15. The van der Waals surface area contributed by atoms with Crippen LogP contribution in [0.5, 0.6) is 0 Å². The van der Waals surface area contributed by atoms with Crippen molar-refractivity contribution >= 4 is 11.4 Å². The standard InChI is InChI=1S/C15H24N2O/c1-11-10-13(17(2)3)6-9-15(11)16-12-4-7-14(18)8-5-12/h6,9-10,12,14,16,18H,4-5,7-8H2,1-3H3. The van der Waals surface area contributed by atoms with E-state index in [4.69, 9.17) is 0 Å². The number of aliphatic hydroxyl groups is 1. The molecule has 2 rings (SSSR count). The molecule has 1 aliphatic carbocycles. The topological polar surface area (TPSA) is 35.5 Å². The van der Waals surface area contributed by atoms with Gasteiger partial charge in [-0.05, 0) is 56.4 Å². The Hall–Kier alpha value is -1.22. The molecule has 1 fully saturated rings. The minimum absolute atomic E-state index is 0.0831. The maximum atomic E-state index is 9.51. The normalized spacial score (nSPS) is 23.8. The lowest BCUT2D eigenvalue weighted by atomic mass is 9.93. The van der Waals surface area contributed by atoms with E-state index in [0.29, 0.717) is 6.04 Å². The fraction of sp³-hybridized carbons (Fsp3) is 0.600.